The molecule has 0 bridgehead atoms. The standard InChI is InChI=1S/C12H17Cl2NO/c1-12(2,15(3)16)8-7-9-5-4-6-10(13)11(9)14/h4-6,16H,7-8H2,1-3H3. The topological polar surface area (TPSA) is 23.5 Å². The van der Waals surface area contributed by atoms with Gasteiger partial charge in [-0.15, -0.1) is 0 Å². The van der Waals surface area contributed by atoms with Crippen molar-refractivity contribution in [1.29, 1.82) is 0 Å². The normalized spacial score (nSPS) is 12.2. The molecule has 1 rings (SSSR count). The van der Waals surface area contributed by atoms with E-state index in [1.165, 1.54) is 5.06 Å². The molecule has 0 saturated carbocycles. The number of benzene rings is 1. The molecular formula is C12H17Cl2NO. The van der Waals surface area contributed by atoms with Gasteiger partial charge in [0.1, 0.15) is 0 Å². The van der Waals surface area contributed by atoms with Crippen LogP contribution in [0.3, 0.4) is 0 Å². The number of aryl methyl sites for hydroxylation is 1. The van der Waals surface area contributed by atoms with Gasteiger partial charge >= 0.3 is 0 Å². The molecule has 0 aliphatic rings. The lowest BCUT2D eigenvalue weighted by Crippen LogP contribution is -2.38. The third-order valence-electron chi connectivity index (χ3n) is 2.91. The minimum atomic E-state index is -0.272. The van der Waals surface area contributed by atoms with E-state index in [-0.39, 0.29) is 5.54 Å². The minimum Gasteiger partial charge on any atom is -0.314 e. The summed E-state index contributed by atoms with van der Waals surface area (Å²) in [6.07, 6.45) is 1.59. The van der Waals surface area contributed by atoms with Gasteiger partial charge in [-0.3, -0.25) is 0 Å². The fraction of sp³-hybridized carbons (Fsp3) is 0.500. The Balaban J connectivity index is 2.72. The summed E-state index contributed by atoms with van der Waals surface area (Å²) in [6, 6.07) is 5.62. The van der Waals surface area contributed by atoms with Gasteiger partial charge in [0.2, 0.25) is 0 Å². The van der Waals surface area contributed by atoms with Crippen molar-refractivity contribution >= 4 is 23.2 Å². The van der Waals surface area contributed by atoms with Gasteiger partial charge in [0.05, 0.1) is 10.0 Å². The van der Waals surface area contributed by atoms with E-state index < -0.39 is 0 Å². The van der Waals surface area contributed by atoms with E-state index in [2.05, 4.69) is 0 Å². The van der Waals surface area contributed by atoms with Crippen LogP contribution >= 0.6 is 23.2 Å². The van der Waals surface area contributed by atoms with Gasteiger partial charge in [-0.1, -0.05) is 35.3 Å². The molecule has 0 aliphatic carbocycles. The molecular weight excluding hydrogens is 245 g/mol. The summed E-state index contributed by atoms with van der Waals surface area (Å²) in [4.78, 5) is 0. The highest BCUT2D eigenvalue weighted by molar-refractivity contribution is 6.42. The SMILES string of the molecule is CN(O)C(C)(C)CCc1cccc(Cl)c1Cl. The first-order valence-electron chi connectivity index (χ1n) is 5.20. The Morgan fingerprint density at radius 3 is 2.50 bits per heavy atom. The maximum absolute atomic E-state index is 9.46. The molecule has 1 N–H and O–H groups in total. The summed E-state index contributed by atoms with van der Waals surface area (Å²) in [7, 11) is 1.65. The van der Waals surface area contributed by atoms with E-state index in [0.29, 0.717) is 10.0 Å². The van der Waals surface area contributed by atoms with Crippen LogP contribution in [0, 0.1) is 0 Å². The molecule has 0 atom stereocenters. The van der Waals surface area contributed by atoms with Crippen molar-refractivity contribution in [1.82, 2.24) is 5.06 Å². The van der Waals surface area contributed by atoms with Crippen LogP contribution in [0.15, 0.2) is 18.2 Å². The predicted molar refractivity (Wildman–Crippen MR) is 68.4 cm³/mol. The second-order valence-corrected chi connectivity index (χ2v) is 5.33. The van der Waals surface area contributed by atoms with Crippen molar-refractivity contribution < 1.29 is 5.21 Å². The van der Waals surface area contributed by atoms with Gasteiger partial charge in [-0.05, 0) is 38.3 Å². The largest absolute Gasteiger partial charge is 0.314 e. The van der Waals surface area contributed by atoms with Crippen LogP contribution in [-0.4, -0.2) is 22.9 Å². The molecule has 0 heterocycles. The van der Waals surface area contributed by atoms with E-state index in [4.69, 9.17) is 23.2 Å². The average molecular weight is 262 g/mol. The molecule has 0 aromatic heterocycles. The Hall–Kier alpha value is -0.280. The van der Waals surface area contributed by atoms with Gasteiger partial charge in [0.25, 0.3) is 0 Å². The molecule has 2 nitrogen and oxygen atoms in total. The molecule has 1 aromatic carbocycles. The Labute approximate surface area is 107 Å². The summed E-state index contributed by atoms with van der Waals surface area (Å²) in [5, 5.41) is 11.9. The third kappa shape index (κ3) is 3.36. The zero-order valence-corrected chi connectivity index (χ0v) is 11.3. The summed E-state index contributed by atoms with van der Waals surface area (Å²) < 4.78 is 0. The summed E-state index contributed by atoms with van der Waals surface area (Å²) >= 11 is 12.0. The van der Waals surface area contributed by atoms with Crippen molar-refractivity contribution in [2.24, 2.45) is 0 Å². The van der Waals surface area contributed by atoms with Crippen molar-refractivity contribution in [2.45, 2.75) is 32.2 Å². The van der Waals surface area contributed by atoms with E-state index >= 15 is 0 Å². The second-order valence-electron chi connectivity index (χ2n) is 4.55. The molecule has 1 aromatic rings. The highest BCUT2D eigenvalue weighted by Gasteiger charge is 2.22. The van der Waals surface area contributed by atoms with Crippen LogP contribution in [0.5, 0.6) is 0 Å². The van der Waals surface area contributed by atoms with Crippen LogP contribution < -0.4 is 0 Å². The Morgan fingerprint density at radius 1 is 1.31 bits per heavy atom. The number of rotatable bonds is 4. The number of hydrogen-bond acceptors (Lipinski definition) is 2. The zero-order valence-electron chi connectivity index (χ0n) is 9.80. The van der Waals surface area contributed by atoms with Crippen LogP contribution in [0.25, 0.3) is 0 Å². The van der Waals surface area contributed by atoms with E-state index in [0.717, 1.165) is 18.4 Å². The smallest absolute Gasteiger partial charge is 0.0624 e. The molecule has 90 valence electrons. The quantitative estimate of drug-likeness (QED) is 0.828. The maximum atomic E-state index is 9.46. The molecule has 4 heteroatoms. The van der Waals surface area contributed by atoms with Crippen molar-refractivity contribution in [3.63, 3.8) is 0 Å². The number of halogens is 2. The monoisotopic (exact) mass is 261 g/mol. The Kier molecular flexibility index (Phi) is 4.62. The van der Waals surface area contributed by atoms with Gasteiger partial charge in [0.15, 0.2) is 0 Å². The zero-order chi connectivity index (χ0) is 12.3. The van der Waals surface area contributed by atoms with Gasteiger partial charge in [-0.2, -0.15) is 5.06 Å². The maximum Gasteiger partial charge on any atom is 0.0624 e. The number of nitrogens with zero attached hydrogens (tertiary/aromatic N) is 1. The minimum absolute atomic E-state index is 0.272. The van der Waals surface area contributed by atoms with Crippen LogP contribution in [0.1, 0.15) is 25.8 Å². The van der Waals surface area contributed by atoms with E-state index in [1.54, 1.807) is 13.1 Å². The second kappa shape index (κ2) is 5.37. The lowest BCUT2D eigenvalue weighted by atomic mass is 9.95. The number of hydroxylamine groups is 2. The highest BCUT2D eigenvalue weighted by Crippen LogP contribution is 2.28. The van der Waals surface area contributed by atoms with Crippen LogP contribution in [0.2, 0.25) is 10.0 Å². The third-order valence-corrected chi connectivity index (χ3v) is 3.77. The van der Waals surface area contributed by atoms with Gasteiger partial charge < -0.3 is 5.21 Å². The molecule has 0 radical (unpaired) electrons. The van der Waals surface area contributed by atoms with Gasteiger partial charge in [0, 0.05) is 12.6 Å². The molecule has 0 saturated heterocycles. The Bertz CT molecular complexity index is 364. The lowest BCUT2D eigenvalue weighted by molar-refractivity contribution is -0.141. The molecule has 0 aliphatic heterocycles. The first-order chi connectivity index (χ1) is 7.34. The summed E-state index contributed by atoms with van der Waals surface area (Å²) in [6.45, 7) is 3.96. The molecule has 16 heavy (non-hydrogen) atoms. The lowest BCUT2D eigenvalue weighted by Gasteiger charge is -2.30. The first-order valence-corrected chi connectivity index (χ1v) is 5.96. The number of hydrogen-bond donors (Lipinski definition) is 1. The summed E-state index contributed by atoms with van der Waals surface area (Å²) in [5.74, 6) is 0. The van der Waals surface area contributed by atoms with Gasteiger partial charge in [-0.25, -0.2) is 0 Å². The molecule has 0 unspecified atom stereocenters. The van der Waals surface area contributed by atoms with Crippen molar-refractivity contribution in [3.05, 3.63) is 33.8 Å². The van der Waals surface area contributed by atoms with E-state index in [1.807, 2.05) is 26.0 Å². The predicted octanol–water partition coefficient (Wildman–Crippen LogP) is 4.03. The van der Waals surface area contributed by atoms with Crippen LogP contribution in [0.4, 0.5) is 0 Å². The molecule has 0 amide bonds. The first kappa shape index (κ1) is 13.8. The Morgan fingerprint density at radius 2 is 1.94 bits per heavy atom. The van der Waals surface area contributed by atoms with Crippen molar-refractivity contribution in [3.8, 4) is 0 Å². The fourth-order valence-electron chi connectivity index (χ4n) is 1.34. The average Bonchev–Trinajstić information content (AvgIpc) is 2.20. The van der Waals surface area contributed by atoms with E-state index in [9.17, 15) is 5.21 Å². The van der Waals surface area contributed by atoms with Crippen molar-refractivity contribution in [2.75, 3.05) is 7.05 Å². The summed E-state index contributed by atoms with van der Waals surface area (Å²) in [5.41, 5.74) is 0.746. The molecule has 0 fully saturated rings. The molecule has 0 spiro atoms. The highest BCUT2D eigenvalue weighted by atomic mass is 35.5. The fourth-order valence-corrected chi connectivity index (χ4v) is 1.76. The van der Waals surface area contributed by atoms with Crippen LogP contribution in [-0.2, 0) is 6.42 Å².